The molecule has 3 saturated heterocycles. The number of carbonyl (C=O) groups excluding carboxylic acids is 1. The Hall–Kier alpha value is -4.95. The number of benzene rings is 1. The normalized spacial score (nSPS) is 29.2. The van der Waals surface area contributed by atoms with E-state index in [2.05, 4.69) is 38.3 Å². The van der Waals surface area contributed by atoms with Crippen LogP contribution in [0.4, 0.5) is 14.6 Å². The number of amides is 1. The van der Waals surface area contributed by atoms with Gasteiger partial charge in [0, 0.05) is 69.7 Å². The van der Waals surface area contributed by atoms with Crippen molar-refractivity contribution in [2.45, 2.75) is 88.1 Å². The van der Waals surface area contributed by atoms with Crippen LogP contribution in [-0.2, 0) is 30.7 Å². The van der Waals surface area contributed by atoms with Gasteiger partial charge in [-0.15, -0.1) is 6.42 Å². The fourth-order valence-electron chi connectivity index (χ4n) is 9.58. The molecule has 7 atom stereocenters. The van der Waals surface area contributed by atoms with E-state index < -0.39 is 23.6 Å². The highest BCUT2D eigenvalue weighted by Gasteiger charge is 2.49. The Morgan fingerprint density at radius 3 is 2.85 bits per heavy atom. The number of nitriles is 1. The molecule has 280 valence electrons. The number of ether oxygens (including phenoxy) is 1. The lowest BCUT2D eigenvalue weighted by molar-refractivity contribution is -0.129. The highest BCUT2D eigenvalue weighted by Crippen LogP contribution is 2.43. The Labute approximate surface area is 314 Å². The van der Waals surface area contributed by atoms with Gasteiger partial charge in [-0.25, -0.2) is 8.78 Å². The number of alkyl halides is 1. The maximum absolute atomic E-state index is 15.1. The number of fused-ring (bicyclic) bond motifs is 4. The van der Waals surface area contributed by atoms with Crippen molar-refractivity contribution >= 4 is 11.7 Å². The number of pyridine rings is 1. The molecule has 3 fully saturated rings. The summed E-state index contributed by atoms with van der Waals surface area (Å²) in [4.78, 5) is 35.4. The molecule has 8 rings (SSSR count). The maximum Gasteiger partial charge on any atom is 0.318 e. The molecule has 0 saturated carbocycles. The fourth-order valence-corrected chi connectivity index (χ4v) is 9.58. The molecule has 5 aliphatic rings. The van der Waals surface area contributed by atoms with Crippen LogP contribution in [-0.4, -0.2) is 103 Å². The first kappa shape index (κ1) is 36.0. The molecule has 1 aliphatic carbocycles. The number of likely N-dealkylation sites (tertiary alicyclic amines) is 1. The zero-order valence-electron chi connectivity index (χ0n) is 30.4. The van der Waals surface area contributed by atoms with Gasteiger partial charge in [0.1, 0.15) is 24.4 Å². The molecule has 1 amide bonds. The van der Waals surface area contributed by atoms with Crippen molar-refractivity contribution in [3.63, 3.8) is 0 Å². The summed E-state index contributed by atoms with van der Waals surface area (Å²) in [5.74, 6) is 2.30. The summed E-state index contributed by atoms with van der Waals surface area (Å²) in [6.45, 7) is 8.47. The first-order valence-electron chi connectivity index (χ1n) is 18.7. The van der Waals surface area contributed by atoms with Gasteiger partial charge in [-0.05, 0) is 67.5 Å². The van der Waals surface area contributed by atoms with Crippen molar-refractivity contribution in [3.8, 4) is 24.4 Å². The van der Waals surface area contributed by atoms with E-state index in [-0.39, 0.29) is 61.1 Å². The molecule has 13 heteroatoms. The van der Waals surface area contributed by atoms with Gasteiger partial charge >= 0.3 is 6.01 Å². The third-order valence-electron chi connectivity index (χ3n) is 12.1. The Bertz CT molecular complexity index is 2040. The molecule has 0 spiro atoms. The number of piperazine rings is 1. The van der Waals surface area contributed by atoms with Crippen LogP contribution < -0.4 is 9.64 Å². The first-order chi connectivity index (χ1) is 26.1. The van der Waals surface area contributed by atoms with E-state index in [0.29, 0.717) is 64.2 Å². The molecule has 1 aromatic carbocycles. The summed E-state index contributed by atoms with van der Waals surface area (Å²) in [7, 11) is 0. The molecule has 0 radical (unpaired) electrons. The molecule has 6 heterocycles. The van der Waals surface area contributed by atoms with Crippen molar-refractivity contribution in [2.24, 2.45) is 5.92 Å². The molecule has 11 nitrogen and oxygen atoms in total. The van der Waals surface area contributed by atoms with Gasteiger partial charge in [0.05, 0.1) is 47.0 Å². The molecule has 54 heavy (non-hydrogen) atoms. The van der Waals surface area contributed by atoms with E-state index in [9.17, 15) is 15.2 Å². The summed E-state index contributed by atoms with van der Waals surface area (Å²) in [5.41, 5.74) is 3.82. The largest absolute Gasteiger partial charge is 0.461 e. The molecular weight excluding hydrogens is 690 g/mol. The Morgan fingerprint density at radius 2 is 2.09 bits per heavy atom. The average molecular weight is 735 g/mol. The predicted octanol–water partition coefficient (Wildman–Crippen LogP) is 3.90. The second-order valence-corrected chi connectivity index (χ2v) is 15.6. The average Bonchev–Trinajstić information content (AvgIpc) is 3.59. The lowest BCUT2D eigenvalue weighted by Gasteiger charge is -2.43. The van der Waals surface area contributed by atoms with E-state index in [1.165, 1.54) is 12.1 Å². The first-order valence-corrected chi connectivity index (χ1v) is 18.7. The minimum Gasteiger partial charge on any atom is -0.461 e. The molecule has 1 unspecified atom stereocenters. The summed E-state index contributed by atoms with van der Waals surface area (Å²) < 4.78 is 36.6. The molecule has 3 aromatic rings. The number of hydrogen-bond donors (Lipinski definition) is 1. The topological polar surface area (TPSA) is 122 Å². The molecule has 2 bridgehead atoms. The smallest absolute Gasteiger partial charge is 0.318 e. The van der Waals surface area contributed by atoms with Crippen LogP contribution in [0, 0.1) is 35.4 Å². The van der Waals surface area contributed by atoms with Crippen LogP contribution in [0.1, 0.15) is 65.7 Å². The van der Waals surface area contributed by atoms with E-state index in [1.54, 1.807) is 23.4 Å². The van der Waals surface area contributed by atoms with E-state index in [0.717, 1.165) is 27.9 Å². The molecular formula is C41H44F2N8O3. The number of aliphatic hydroxyl groups is 1. The monoisotopic (exact) mass is 734 g/mol. The molecule has 4 aliphatic heterocycles. The Balaban J connectivity index is 1.13. The highest BCUT2D eigenvalue weighted by molar-refractivity contribution is 5.88. The van der Waals surface area contributed by atoms with Crippen molar-refractivity contribution in [1.29, 1.82) is 5.26 Å². The lowest BCUT2D eigenvalue weighted by atomic mass is 9.81. The van der Waals surface area contributed by atoms with Gasteiger partial charge in [-0.2, -0.15) is 15.2 Å². The summed E-state index contributed by atoms with van der Waals surface area (Å²) in [6, 6.07) is 8.66. The number of nitrogens with zero attached hydrogens (tertiary/aromatic N) is 8. The minimum absolute atomic E-state index is 0.145. The van der Waals surface area contributed by atoms with E-state index >= 15 is 8.78 Å². The summed E-state index contributed by atoms with van der Waals surface area (Å²) >= 11 is 0. The number of halogens is 2. The van der Waals surface area contributed by atoms with Gasteiger partial charge < -0.3 is 19.6 Å². The van der Waals surface area contributed by atoms with Gasteiger partial charge in [-0.3, -0.25) is 19.6 Å². The second-order valence-electron chi connectivity index (χ2n) is 15.6. The summed E-state index contributed by atoms with van der Waals surface area (Å²) in [6.07, 6.45) is 11.2. The zero-order chi connectivity index (χ0) is 37.7. The SMILES string of the molecule is C#Cc1c(F)ccc2c1[C@@H](N1CCc3c(nc(OC[C@]4(C)C[C@@H](F)CN4Cc4cccnc4)nc3N3C[C@H]4CC(C#N)[C@@H](C3)N4C(=O)C=C)C1)C[C@H](O)C2. The standard InChI is InChI=1S/C41H44F2N8O3/c1-4-31-33(43)9-8-26-14-30(52)15-35(38(26)31)48-12-10-32-34(22-48)46-40(54-24-41(3)16-28(42)20-50(41)19-25-7-6-11-45-18-25)47-39(32)49-21-29-13-27(17-44)36(23-49)51(29)37(53)5-2/h1,5-9,11,18,27-30,35-36,52H,2,10,12-16,19-24H2,3H3/t27?,28-,29-,30-,35+,36-,41+/m1/s1. The maximum atomic E-state index is 15.1. The van der Waals surface area contributed by atoms with E-state index in [1.807, 2.05) is 19.1 Å². The number of aliphatic hydroxyl groups excluding tert-OH is 1. The van der Waals surface area contributed by atoms with Crippen LogP contribution in [0.3, 0.4) is 0 Å². The number of rotatable bonds is 8. The Morgan fingerprint density at radius 1 is 1.24 bits per heavy atom. The van der Waals surface area contributed by atoms with Crippen LogP contribution in [0.5, 0.6) is 6.01 Å². The van der Waals surface area contributed by atoms with E-state index in [4.69, 9.17) is 21.1 Å². The van der Waals surface area contributed by atoms with Gasteiger partial charge in [0.25, 0.3) is 0 Å². The van der Waals surface area contributed by atoms with Crippen molar-refractivity contribution < 1.29 is 23.4 Å². The quantitative estimate of drug-likeness (QED) is 0.270. The fraction of sp³-hybridized carbons (Fsp3) is 0.488. The predicted molar refractivity (Wildman–Crippen MR) is 196 cm³/mol. The van der Waals surface area contributed by atoms with Crippen LogP contribution in [0.2, 0.25) is 0 Å². The number of hydrogen-bond acceptors (Lipinski definition) is 10. The Kier molecular flexibility index (Phi) is 9.59. The van der Waals surface area contributed by atoms with Crippen molar-refractivity contribution in [1.82, 2.24) is 29.7 Å². The third kappa shape index (κ3) is 6.48. The van der Waals surface area contributed by atoms with Crippen LogP contribution in [0.25, 0.3) is 0 Å². The van der Waals surface area contributed by atoms with Gasteiger partial charge in [-0.1, -0.05) is 24.6 Å². The van der Waals surface area contributed by atoms with Crippen LogP contribution >= 0.6 is 0 Å². The highest BCUT2D eigenvalue weighted by atomic mass is 19.1. The zero-order valence-corrected chi connectivity index (χ0v) is 30.4. The number of carbonyl (C=O) groups is 1. The van der Waals surface area contributed by atoms with Crippen molar-refractivity contribution in [2.75, 3.05) is 37.7 Å². The minimum atomic E-state index is -1.02. The van der Waals surface area contributed by atoms with Gasteiger partial charge in [0.2, 0.25) is 5.91 Å². The number of aromatic nitrogens is 3. The lowest BCUT2D eigenvalue weighted by Crippen LogP contribution is -2.57. The molecule has 2 aromatic heterocycles. The summed E-state index contributed by atoms with van der Waals surface area (Å²) in [5, 5.41) is 21.0. The second kappa shape index (κ2) is 14.4. The molecule has 1 N–H and O–H groups in total. The third-order valence-corrected chi connectivity index (χ3v) is 12.1. The van der Waals surface area contributed by atoms with Gasteiger partial charge in [0.15, 0.2) is 0 Å². The number of terminal acetylenes is 1. The van der Waals surface area contributed by atoms with Crippen LogP contribution in [0.15, 0.2) is 49.3 Å². The van der Waals surface area contributed by atoms with Crippen molar-refractivity contribution in [3.05, 3.63) is 88.6 Å². The number of anilines is 1.